The Balaban J connectivity index is 0.000000695. The number of unbranched alkanes of at least 4 members (excludes halogenated alkanes) is 8. The highest BCUT2D eigenvalue weighted by molar-refractivity contribution is 6.14. The Morgan fingerprint density at radius 2 is 0.534 bits per heavy atom. The van der Waals surface area contributed by atoms with Crippen LogP contribution in [-0.4, -0.2) is 234 Å². The Bertz CT molecular complexity index is 5140. The average molecular weight is 1870 g/mol. The van der Waals surface area contributed by atoms with E-state index in [9.17, 15) is 95.9 Å². The molecule has 724 valence electrons. The maximum atomic E-state index is 13.7. The van der Waals surface area contributed by atoms with Crippen molar-refractivity contribution < 1.29 is 150 Å². The van der Waals surface area contributed by atoms with E-state index in [1.165, 1.54) is 113 Å². The fraction of sp³-hybridized carbons (Fsp3) is 0.422. The molecule has 0 saturated heterocycles. The molecular formula is C90H112N6O37. The van der Waals surface area contributed by atoms with Gasteiger partial charge in [0.2, 0.25) is 0 Å². The van der Waals surface area contributed by atoms with Crippen LogP contribution in [0.15, 0.2) is 174 Å². The van der Waals surface area contributed by atoms with Crippen LogP contribution < -0.4 is 34.1 Å². The van der Waals surface area contributed by atoms with Gasteiger partial charge < -0.3 is 82.7 Å². The summed E-state index contributed by atoms with van der Waals surface area (Å²) in [7, 11) is 0. The van der Waals surface area contributed by atoms with Gasteiger partial charge in [-0.25, -0.2) is 114 Å². The van der Waals surface area contributed by atoms with Crippen molar-refractivity contribution in [2.75, 3.05) is 92.5 Å². The van der Waals surface area contributed by atoms with E-state index in [1.807, 2.05) is 0 Å². The lowest BCUT2D eigenvalue weighted by Crippen LogP contribution is -2.55. The zero-order chi connectivity index (χ0) is 99.7. The van der Waals surface area contributed by atoms with Crippen LogP contribution >= 0.6 is 0 Å². The summed E-state index contributed by atoms with van der Waals surface area (Å²) in [5, 5.41) is 51.7. The predicted octanol–water partition coefficient (Wildman–Crippen LogP) is 4.68. The first-order valence-electron chi connectivity index (χ1n) is 41.6. The van der Waals surface area contributed by atoms with Crippen LogP contribution in [0.1, 0.15) is 201 Å². The molecule has 7 rings (SSSR count). The Morgan fingerprint density at radius 1 is 0.293 bits per heavy atom. The highest BCUT2D eigenvalue weighted by Gasteiger charge is 2.29. The SMILES string of the molecule is C=C(C)C(=O)OCCO.C=C(C)C(=O)OCCOC(=O)c1ccccc1C(=O)O.C=C(C)C(=O)OCCOC(=O)c1ccccc1C(=O)OCCn1c(=O)n(CCOC(=O)CCCCCCC)c(=O)n(CCOC(=O)c2ccccc2C(=O)OCCOC(=O)C(=C)C)c1=O.CCCCCCCC(=O)O.O=C1OC(=O)c2ccccc21.O=c1n(CCO)c(=O)n(CCO)c(=O)n1CCO. The molecule has 4 aromatic carbocycles. The molecule has 1 aliphatic heterocycles. The van der Waals surface area contributed by atoms with Gasteiger partial charge in [0, 0.05) is 35.1 Å². The first-order chi connectivity index (χ1) is 63.3. The minimum Gasteiger partial charge on any atom is -0.481 e. The second kappa shape index (κ2) is 63.3. The summed E-state index contributed by atoms with van der Waals surface area (Å²) in [6.07, 6.45) is 10.4. The molecule has 3 heterocycles. The molecule has 1 aliphatic rings. The van der Waals surface area contributed by atoms with E-state index in [0.29, 0.717) is 56.9 Å². The zero-order valence-corrected chi connectivity index (χ0v) is 74.7. The maximum absolute atomic E-state index is 13.7. The molecule has 0 unspecified atom stereocenters. The van der Waals surface area contributed by atoms with Crippen molar-refractivity contribution in [3.05, 3.63) is 253 Å². The first-order valence-corrected chi connectivity index (χ1v) is 41.6. The highest BCUT2D eigenvalue weighted by atomic mass is 16.6. The number of rotatable bonds is 48. The lowest BCUT2D eigenvalue weighted by molar-refractivity contribution is -0.144. The number of cyclic esters (lactones) is 2. The Hall–Kier alpha value is -14.7. The molecule has 6 aromatic rings. The summed E-state index contributed by atoms with van der Waals surface area (Å²) in [6.45, 7) is 16.9. The number of hydrogen-bond acceptors (Lipinski definition) is 35. The van der Waals surface area contributed by atoms with Crippen molar-refractivity contribution in [3.8, 4) is 0 Å². The monoisotopic (exact) mass is 1870 g/mol. The number of esters is 12. The van der Waals surface area contributed by atoms with Crippen molar-refractivity contribution in [2.45, 2.75) is 158 Å². The number of aromatic carboxylic acids is 1. The molecular weight excluding hydrogens is 1760 g/mol. The standard InChI is InChI=1S/C45H53N3O17.C14H14O6.C9H15N3O6.C8H4O3.C8H16O2.C6H10O3/c1-6-7-8-9-10-19-36(49)59-23-20-46-43(56)47(21-24-60-39(52)32-15-11-13-17-34(32)41(54)64-28-26-62-37(50)30(2)3)45(58)48(44(46)57)22-25-61-40(53)33-16-12-14-18-35(33)42(55)65-29-27-63-38(51)31(4)5;1-9(2)13(17)19-7-8-20-14(18)11-6-4-3-5-10(11)12(15)16;13-4-1-10-7(16)11(2-5-14)9(18)12(3-6-15)8(10)17;9-7-5-3-1-2-4-6(5)8(10)11-7;1-2-3-4-5-6-7-8(9)10;1-5(2)6(8)9-4-3-7/h11-18H,2,4,6-10,19-29H2,1,3,5H3;3-6H,1,7-8H2,2H3,(H,15,16);13-15H,1-6H2;1-4H;2-7H2,1H3,(H,9,10);7H,1,3-4H2,2H3. The summed E-state index contributed by atoms with van der Waals surface area (Å²) in [6, 6.07) is 23.2. The van der Waals surface area contributed by atoms with Gasteiger partial charge in [0.05, 0.1) is 110 Å². The molecule has 2 aromatic heterocycles. The predicted molar refractivity (Wildman–Crippen MR) is 469 cm³/mol. The quantitative estimate of drug-likeness (QED) is 0.00992. The molecule has 0 amide bonds. The van der Waals surface area contributed by atoms with Gasteiger partial charge in [-0.15, -0.1) is 0 Å². The van der Waals surface area contributed by atoms with Crippen LogP contribution in [0, 0.1) is 0 Å². The minimum absolute atomic E-state index is 0.0473. The summed E-state index contributed by atoms with van der Waals surface area (Å²) in [5.41, 5.74) is -5.50. The average Bonchev–Trinajstić information content (AvgIpc) is 1.67. The number of aliphatic hydroxyl groups is 4. The van der Waals surface area contributed by atoms with Crippen molar-refractivity contribution in [3.63, 3.8) is 0 Å². The smallest absolute Gasteiger partial charge is 0.346 e. The third kappa shape index (κ3) is 40.9. The molecule has 0 bridgehead atoms. The van der Waals surface area contributed by atoms with Gasteiger partial charge in [-0.1, -0.05) is 140 Å². The van der Waals surface area contributed by atoms with Gasteiger partial charge in [-0.3, -0.25) is 9.59 Å². The van der Waals surface area contributed by atoms with Crippen molar-refractivity contribution >= 4 is 83.6 Å². The van der Waals surface area contributed by atoms with Gasteiger partial charge in [-0.2, -0.15) is 0 Å². The Labute approximate surface area is 761 Å². The van der Waals surface area contributed by atoms with Crippen molar-refractivity contribution in [1.29, 1.82) is 0 Å². The van der Waals surface area contributed by atoms with Crippen LogP contribution in [-0.2, 0) is 120 Å². The number of nitrogens with zero attached hydrogens (tertiary/aromatic N) is 6. The fourth-order valence-electron chi connectivity index (χ4n) is 10.7. The number of benzene rings is 4. The molecule has 6 N–H and O–H groups in total. The summed E-state index contributed by atoms with van der Waals surface area (Å²) in [5.74, 6) is -10.6. The number of ether oxygens (including phenoxy) is 11. The van der Waals surface area contributed by atoms with E-state index < -0.39 is 177 Å². The van der Waals surface area contributed by atoms with E-state index in [2.05, 4.69) is 49.6 Å². The number of fused-ring (bicyclic) bond motifs is 1. The molecule has 43 heteroatoms. The number of hydrogen-bond donors (Lipinski definition) is 6. The Kier molecular flexibility index (Phi) is 54.4. The minimum atomic E-state index is -1.22. The van der Waals surface area contributed by atoms with Crippen LogP contribution in [0.2, 0.25) is 0 Å². The van der Waals surface area contributed by atoms with Crippen LogP contribution in [0.3, 0.4) is 0 Å². The first kappa shape index (κ1) is 114. The van der Waals surface area contributed by atoms with Crippen molar-refractivity contribution in [1.82, 2.24) is 27.4 Å². The molecule has 0 spiro atoms. The molecule has 0 aliphatic carbocycles. The number of carbonyl (C=O) groups is 14. The highest BCUT2D eigenvalue weighted by Crippen LogP contribution is 2.20. The normalized spacial score (nSPS) is 10.6. The summed E-state index contributed by atoms with van der Waals surface area (Å²) in [4.78, 5) is 240. The maximum Gasteiger partial charge on any atom is 0.346 e. The number of aliphatic carboxylic acids is 1. The number of aliphatic hydroxyl groups excluding tert-OH is 4. The fourth-order valence-corrected chi connectivity index (χ4v) is 10.7. The number of carboxylic acids is 2. The molecule has 43 nitrogen and oxygen atoms in total. The van der Waals surface area contributed by atoms with Crippen LogP contribution in [0.4, 0.5) is 0 Å². The van der Waals surface area contributed by atoms with E-state index in [0.717, 1.165) is 38.5 Å². The zero-order valence-electron chi connectivity index (χ0n) is 74.7. The molecule has 0 saturated carbocycles. The van der Waals surface area contributed by atoms with E-state index in [1.54, 1.807) is 31.2 Å². The molecule has 133 heavy (non-hydrogen) atoms. The van der Waals surface area contributed by atoms with E-state index in [-0.39, 0.29) is 129 Å². The largest absolute Gasteiger partial charge is 0.481 e. The van der Waals surface area contributed by atoms with Gasteiger partial charge in [0.15, 0.2) is 0 Å². The van der Waals surface area contributed by atoms with Gasteiger partial charge in [0.25, 0.3) is 0 Å². The number of carbonyl (C=O) groups excluding carboxylic acids is 12. The van der Waals surface area contributed by atoms with Gasteiger partial charge in [-0.05, 0) is 89.1 Å². The van der Waals surface area contributed by atoms with Gasteiger partial charge >= 0.3 is 118 Å². The number of carboxylic acid groups (broad SMARTS) is 2. The van der Waals surface area contributed by atoms with E-state index in [4.69, 9.17) is 73.3 Å². The molecule has 0 atom stereocenters. The molecule has 0 radical (unpaired) electrons. The lowest BCUT2D eigenvalue weighted by Gasteiger charge is -2.15. The number of aromatic nitrogens is 6. The summed E-state index contributed by atoms with van der Waals surface area (Å²) >= 11 is 0. The second-order valence-corrected chi connectivity index (χ2v) is 28.0. The summed E-state index contributed by atoms with van der Waals surface area (Å²) < 4.78 is 58.2. The molecule has 0 fully saturated rings. The van der Waals surface area contributed by atoms with Crippen molar-refractivity contribution in [2.24, 2.45) is 0 Å². The van der Waals surface area contributed by atoms with Gasteiger partial charge in [0.1, 0.15) is 66.1 Å². The van der Waals surface area contributed by atoms with E-state index >= 15 is 0 Å². The third-order valence-corrected chi connectivity index (χ3v) is 17.4. The topological polar surface area (TPSA) is 594 Å². The Morgan fingerprint density at radius 3 is 0.805 bits per heavy atom. The third-order valence-electron chi connectivity index (χ3n) is 17.4. The second-order valence-electron chi connectivity index (χ2n) is 28.0. The van der Waals surface area contributed by atoms with Crippen LogP contribution in [0.25, 0.3) is 0 Å². The van der Waals surface area contributed by atoms with Crippen LogP contribution in [0.5, 0.6) is 0 Å². The lowest BCUT2D eigenvalue weighted by atomic mass is 10.1.